The van der Waals surface area contributed by atoms with E-state index in [0.29, 0.717) is 6.04 Å². The lowest BCUT2D eigenvalue weighted by molar-refractivity contribution is 0.390. The molecule has 1 aromatic heterocycles. The first-order chi connectivity index (χ1) is 9.43. The van der Waals surface area contributed by atoms with Crippen LogP contribution in [0.4, 0.5) is 0 Å². The number of furan rings is 1. The highest BCUT2D eigenvalue weighted by Crippen LogP contribution is 2.26. The molecule has 0 saturated carbocycles. The van der Waals surface area contributed by atoms with Gasteiger partial charge in [0.15, 0.2) is 0 Å². The second-order valence-electron chi connectivity index (χ2n) is 4.91. The average molecular weight is 273 g/mol. The van der Waals surface area contributed by atoms with Crippen LogP contribution in [0.3, 0.4) is 0 Å². The van der Waals surface area contributed by atoms with Gasteiger partial charge in [-0.05, 0) is 42.0 Å². The van der Waals surface area contributed by atoms with E-state index in [9.17, 15) is 0 Å². The Bertz CT molecular complexity index is 477. The Morgan fingerprint density at radius 3 is 2.53 bits per heavy atom. The van der Waals surface area contributed by atoms with Gasteiger partial charge in [-0.3, -0.25) is 0 Å². The van der Waals surface area contributed by atoms with E-state index in [2.05, 4.69) is 53.5 Å². The molecular weight excluding hydrogens is 254 g/mol. The van der Waals surface area contributed by atoms with Gasteiger partial charge in [-0.15, -0.1) is 0 Å². The van der Waals surface area contributed by atoms with Crippen LogP contribution < -0.4 is 5.32 Å². The van der Waals surface area contributed by atoms with Crippen molar-refractivity contribution in [1.29, 1.82) is 0 Å². The fraction of sp³-hybridized carbons (Fsp3) is 0.375. The number of benzene rings is 1. The summed E-state index contributed by atoms with van der Waals surface area (Å²) in [5.41, 5.74) is 1.27. The van der Waals surface area contributed by atoms with Gasteiger partial charge in [0.25, 0.3) is 0 Å². The van der Waals surface area contributed by atoms with Crippen molar-refractivity contribution in [1.82, 2.24) is 5.32 Å². The summed E-state index contributed by atoms with van der Waals surface area (Å²) in [7, 11) is 0. The Morgan fingerprint density at radius 1 is 1.05 bits per heavy atom. The number of hydrogen-bond acceptors (Lipinski definition) is 3. The van der Waals surface area contributed by atoms with E-state index in [1.165, 1.54) is 29.9 Å². The minimum absolute atomic E-state index is 0.171. The summed E-state index contributed by atoms with van der Waals surface area (Å²) >= 11 is 2.06. The van der Waals surface area contributed by atoms with Crippen molar-refractivity contribution in [3.8, 4) is 0 Å². The molecule has 0 spiro atoms. The summed E-state index contributed by atoms with van der Waals surface area (Å²) < 4.78 is 5.62. The first-order valence-corrected chi connectivity index (χ1v) is 8.01. The van der Waals surface area contributed by atoms with Crippen LogP contribution in [0.2, 0.25) is 0 Å². The van der Waals surface area contributed by atoms with Crippen LogP contribution >= 0.6 is 11.8 Å². The molecule has 1 aliphatic rings. The van der Waals surface area contributed by atoms with Gasteiger partial charge in [-0.2, -0.15) is 11.8 Å². The maximum Gasteiger partial charge on any atom is 0.125 e. The monoisotopic (exact) mass is 273 g/mol. The van der Waals surface area contributed by atoms with E-state index in [1.54, 1.807) is 6.26 Å². The first kappa shape index (κ1) is 12.8. The molecule has 2 nitrogen and oxygen atoms in total. The molecule has 1 unspecified atom stereocenters. The molecule has 1 fully saturated rings. The lowest BCUT2D eigenvalue weighted by Crippen LogP contribution is -2.36. The molecule has 3 heteroatoms. The van der Waals surface area contributed by atoms with Crippen LogP contribution in [0.25, 0.3) is 0 Å². The molecule has 1 atom stereocenters. The average Bonchev–Trinajstić information content (AvgIpc) is 3.01. The van der Waals surface area contributed by atoms with Crippen LogP contribution in [0.15, 0.2) is 53.1 Å². The summed E-state index contributed by atoms with van der Waals surface area (Å²) in [6.07, 6.45) is 4.24. The summed E-state index contributed by atoms with van der Waals surface area (Å²) in [4.78, 5) is 0. The Hall–Kier alpha value is -1.19. The second kappa shape index (κ2) is 6.31. The molecule has 0 amide bonds. The first-order valence-electron chi connectivity index (χ1n) is 6.85. The third-order valence-electron chi connectivity index (χ3n) is 3.58. The number of rotatable bonds is 4. The molecule has 1 N–H and O–H groups in total. The van der Waals surface area contributed by atoms with Gasteiger partial charge in [-0.1, -0.05) is 30.3 Å². The topological polar surface area (TPSA) is 25.2 Å². The van der Waals surface area contributed by atoms with E-state index in [1.807, 2.05) is 6.07 Å². The standard InChI is InChI=1S/C16H19NOS/c1-2-5-13(6-3-1)16(15-7-4-10-18-15)17-14-8-11-19-12-9-14/h1-7,10,14,16-17H,8-9,11-12H2. The van der Waals surface area contributed by atoms with Gasteiger partial charge in [0.1, 0.15) is 5.76 Å². The Morgan fingerprint density at radius 2 is 1.84 bits per heavy atom. The highest BCUT2D eigenvalue weighted by molar-refractivity contribution is 7.99. The number of hydrogen-bond donors (Lipinski definition) is 1. The minimum atomic E-state index is 0.171. The largest absolute Gasteiger partial charge is 0.467 e. The van der Waals surface area contributed by atoms with Crippen LogP contribution in [0.1, 0.15) is 30.2 Å². The molecule has 0 aliphatic carbocycles. The highest BCUT2D eigenvalue weighted by Gasteiger charge is 2.22. The van der Waals surface area contributed by atoms with E-state index >= 15 is 0 Å². The van der Waals surface area contributed by atoms with Crippen molar-refractivity contribution in [2.24, 2.45) is 0 Å². The minimum Gasteiger partial charge on any atom is -0.467 e. The van der Waals surface area contributed by atoms with E-state index in [-0.39, 0.29) is 6.04 Å². The summed E-state index contributed by atoms with van der Waals surface area (Å²) in [5.74, 6) is 3.53. The summed E-state index contributed by atoms with van der Waals surface area (Å²) in [6.45, 7) is 0. The zero-order valence-corrected chi connectivity index (χ0v) is 11.7. The SMILES string of the molecule is c1ccc(C(NC2CCSCC2)c2ccco2)cc1. The van der Waals surface area contributed by atoms with Gasteiger partial charge in [0.05, 0.1) is 12.3 Å². The molecule has 0 radical (unpaired) electrons. The third-order valence-corrected chi connectivity index (χ3v) is 4.63. The van der Waals surface area contributed by atoms with Crippen molar-refractivity contribution >= 4 is 11.8 Å². The van der Waals surface area contributed by atoms with Crippen molar-refractivity contribution in [3.63, 3.8) is 0 Å². The molecule has 100 valence electrons. The molecule has 3 rings (SSSR count). The molecule has 1 saturated heterocycles. The highest BCUT2D eigenvalue weighted by atomic mass is 32.2. The molecule has 1 aromatic carbocycles. The fourth-order valence-electron chi connectivity index (χ4n) is 2.54. The summed E-state index contributed by atoms with van der Waals surface area (Å²) in [6, 6.07) is 15.3. The van der Waals surface area contributed by atoms with E-state index in [4.69, 9.17) is 4.42 Å². The van der Waals surface area contributed by atoms with Crippen molar-refractivity contribution in [2.45, 2.75) is 24.9 Å². The molecular formula is C16H19NOS. The van der Waals surface area contributed by atoms with Crippen LogP contribution in [-0.4, -0.2) is 17.5 Å². The van der Waals surface area contributed by atoms with Crippen LogP contribution in [0, 0.1) is 0 Å². The zero-order chi connectivity index (χ0) is 12.9. The maximum absolute atomic E-state index is 5.62. The number of thioether (sulfide) groups is 1. The lowest BCUT2D eigenvalue weighted by atomic mass is 10.0. The van der Waals surface area contributed by atoms with Gasteiger partial charge in [0.2, 0.25) is 0 Å². The second-order valence-corrected chi connectivity index (χ2v) is 6.14. The Labute approximate surface area is 118 Å². The van der Waals surface area contributed by atoms with Gasteiger partial charge in [0, 0.05) is 6.04 Å². The number of nitrogens with one attached hydrogen (secondary N) is 1. The van der Waals surface area contributed by atoms with E-state index in [0.717, 1.165) is 5.76 Å². The van der Waals surface area contributed by atoms with Crippen molar-refractivity contribution < 1.29 is 4.42 Å². The third kappa shape index (κ3) is 3.23. The van der Waals surface area contributed by atoms with Crippen LogP contribution in [0.5, 0.6) is 0 Å². The zero-order valence-electron chi connectivity index (χ0n) is 10.9. The smallest absolute Gasteiger partial charge is 0.125 e. The lowest BCUT2D eigenvalue weighted by Gasteiger charge is -2.27. The predicted molar refractivity (Wildman–Crippen MR) is 80.5 cm³/mol. The maximum atomic E-state index is 5.62. The van der Waals surface area contributed by atoms with E-state index < -0.39 is 0 Å². The van der Waals surface area contributed by atoms with Crippen molar-refractivity contribution in [2.75, 3.05) is 11.5 Å². The fourth-order valence-corrected chi connectivity index (χ4v) is 3.65. The Kier molecular flexibility index (Phi) is 4.26. The van der Waals surface area contributed by atoms with Gasteiger partial charge < -0.3 is 9.73 Å². The van der Waals surface area contributed by atoms with Crippen LogP contribution in [-0.2, 0) is 0 Å². The normalized spacial score (nSPS) is 18.3. The summed E-state index contributed by atoms with van der Waals surface area (Å²) in [5, 5.41) is 3.77. The van der Waals surface area contributed by atoms with Gasteiger partial charge in [-0.25, -0.2) is 0 Å². The molecule has 0 bridgehead atoms. The Balaban J connectivity index is 1.80. The quantitative estimate of drug-likeness (QED) is 0.916. The predicted octanol–water partition coefficient (Wildman–Crippen LogP) is 3.85. The van der Waals surface area contributed by atoms with Gasteiger partial charge >= 0.3 is 0 Å². The van der Waals surface area contributed by atoms with Crippen molar-refractivity contribution in [3.05, 3.63) is 60.1 Å². The molecule has 2 heterocycles. The molecule has 19 heavy (non-hydrogen) atoms. The molecule has 2 aromatic rings. The molecule has 1 aliphatic heterocycles.